The van der Waals surface area contributed by atoms with E-state index in [1.54, 1.807) is 0 Å². The van der Waals surface area contributed by atoms with Crippen LogP contribution in [0.2, 0.25) is 0 Å². The summed E-state index contributed by atoms with van der Waals surface area (Å²) in [6.07, 6.45) is 0. The molecular formula is C52H33NS. The number of fused-ring (bicyclic) bond motifs is 9. The molecule has 252 valence electrons. The minimum atomic E-state index is 1.12. The van der Waals surface area contributed by atoms with E-state index in [1.165, 1.54) is 85.5 Å². The number of nitrogens with zero attached hydrogens (tertiary/aromatic N) is 1. The molecule has 0 saturated heterocycles. The second kappa shape index (κ2) is 12.4. The fourth-order valence-corrected chi connectivity index (χ4v) is 9.58. The van der Waals surface area contributed by atoms with Crippen molar-refractivity contribution in [2.45, 2.75) is 0 Å². The summed E-state index contributed by atoms with van der Waals surface area (Å²) >= 11 is 1.87. The predicted octanol–water partition coefficient (Wildman–Crippen LogP) is 15.5. The third-order valence-corrected chi connectivity index (χ3v) is 12.1. The minimum Gasteiger partial charge on any atom is -0.310 e. The van der Waals surface area contributed by atoms with Gasteiger partial charge in [0.15, 0.2) is 0 Å². The van der Waals surface area contributed by atoms with Gasteiger partial charge in [0.1, 0.15) is 0 Å². The van der Waals surface area contributed by atoms with Gasteiger partial charge in [-0.15, -0.1) is 11.3 Å². The third-order valence-electron chi connectivity index (χ3n) is 11.0. The highest BCUT2D eigenvalue weighted by Gasteiger charge is 2.18. The Balaban J connectivity index is 1.09. The van der Waals surface area contributed by atoms with Crippen LogP contribution in [0.4, 0.5) is 17.1 Å². The van der Waals surface area contributed by atoms with Gasteiger partial charge in [-0.25, -0.2) is 0 Å². The fourth-order valence-electron chi connectivity index (χ4n) is 8.44. The second-order valence-electron chi connectivity index (χ2n) is 14.1. The monoisotopic (exact) mass is 703 g/mol. The standard InChI is InChI=1S/C52H33NS/c1-2-11-34(12-3-1)35-23-27-40(28-24-35)53(49-19-10-14-38-32-51-48(33-47(38)49)44-17-8-9-20-50(44)54-51)41-29-25-37(26-30-41)46-31-39-22-21-36-13-4-5-15-42(36)52(39)45-18-7-6-16-43(45)46/h1-33H. The zero-order chi connectivity index (χ0) is 35.6. The molecule has 11 rings (SSSR count). The van der Waals surface area contributed by atoms with Crippen molar-refractivity contribution < 1.29 is 0 Å². The lowest BCUT2D eigenvalue weighted by molar-refractivity contribution is 1.30. The molecule has 2 heteroatoms. The van der Waals surface area contributed by atoms with E-state index in [1.807, 2.05) is 11.3 Å². The molecule has 0 unspecified atom stereocenters. The molecule has 0 atom stereocenters. The number of anilines is 3. The number of hydrogen-bond acceptors (Lipinski definition) is 2. The highest BCUT2D eigenvalue weighted by atomic mass is 32.1. The van der Waals surface area contributed by atoms with Crippen molar-refractivity contribution >= 4 is 91.7 Å². The van der Waals surface area contributed by atoms with Crippen molar-refractivity contribution in [3.63, 3.8) is 0 Å². The van der Waals surface area contributed by atoms with Gasteiger partial charge in [-0.3, -0.25) is 0 Å². The van der Waals surface area contributed by atoms with E-state index in [-0.39, 0.29) is 0 Å². The minimum absolute atomic E-state index is 1.12. The number of benzene rings is 10. The van der Waals surface area contributed by atoms with Gasteiger partial charge >= 0.3 is 0 Å². The van der Waals surface area contributed by atoms with Gasteiger partial charge in [-0.1, -0.05) is 146 Å². The summed E-state index contributed by atoms with van der Waals surface area (Å²) < 4.78 is 2.64. The lowest BCUT2D eigenvalue weighted by Crippen LogP contribution is -2.10. The lowest BCUT2D eigenvalue weighted by Gasteiger charge is -2.27. The number of thiophene rings is 1. The van der Waals surface area contributed by atoms with Crippen molar-refractivity contribution in [2.75, 3.05) is 4.90 Å². The Labute approximate surface area is 317 Å². The molecule has 0 aliphatic heterocycles. The topological polar surface area (TPSA) is 3.24 Å². The van der Waals surface area contributed by atoms with Gasteiger partial charge in [0, 0.05) is 36.9 Å². The zero-order valence-electron chi connectivity index (χ0n) is 29.4. The normalized spacial score (nSPS) is 11.7. The van der Waals surface area contributed by atoms with Crippen LogP contribution in [0.5, 0.6) is 0 Å². The molecule has 0 N–H and O–H groups in total. The molecule has 0 amide bonds. The lowest BCUT2D eigenvalue weighted by atomic mass is 9.90. The first kappa shape index (κ1) is 30.8. The molecule has 0 bridgehead atoms. The van der Waals surface area contributed by atoms with Gasteiger partial charge in [0.05, 0.1) is 5.69 Å². The summed E-state index contributed by atoms with van der Waals surface area (Å²) in [5.41, 5.74) is 8.26. The Kier molecular flexibility index (Phi) is 7.11. The second-order valence-corrected chi connectivity index (χ2v) is 15.2. The summed E-state index contributed by atoms with van der Waals surface area (Å²) in [4.78, 5) is 2.42. The molecule has 1 nitrogen and oxygen atoms in total. The summed E-state index contributed by atoms with van der Waals surface area (Å²) in [7, 11) is 0. The van der Waals surface area contributed by atoms with E-state index in [0.717, 1.165) is 17.1 Å². The molecule has 0 aliphatic carbocycles. The highest BCUT2D eigenvalue weighted by Crippen LogP contribution is 2.44. The maximum absolute atomic E-state index is 2.42. The molecule has 10 aromatic carbocycles. The van der Waals surface area contributed by atoms with E-state index >= 15 is 0 Å². The van der Waals surface area contributed by atoms with Crippen LogP contribution in [0.1, 0.15) is 0 Å². The van der Waals surface area contributed by atoms with E-state index in [4.69, 9.17) is 0 Å². The third kappa shape index (κ3) is 4.99. The fraction of sp³-hybridized carbons (Fsp3) is 0. The van der Waals surface area contributed by atoms with Crippen molar-refractivity contribution in [1.29, 1.82) is 0 Å². The SMILES string of the molecule is c1ccc(-c2ccc(N(c3ccc(-c4cc5ccc6ccccc6c5c5ccccc45)cc3)c3cccc4cc5sc6ccccc6c5cc34)cc2)cc1. The molecule has 0 radical (unpaired) electrons. The van der Waals surface area contributed by atoms with Crippen molar-refractivity contribution in [3.8, 4) is 22.3 Å². The molecular weight excluding hydrogens is 671 g/mol. The van der Waals surface area contributed by atoms with Crippen LogP contribution in [0, 0.1) is 0 Å². The van der Waals surface area contributed by atoms with Crippen molar-refractivity contribution in [1.82, 2.24) is 0 Å². The van der Waals surface area contributed by atoms with Crippen LogP contribution >= 0.6 is 11.3 Å². The predicted molar refractivity (Wildman–Crippen MR) is 235 cm³/mol. The van der Waals surface area contributed by atoms with Gasteiger partial charge in [-0.05, 0) is 115 Å². The Hall–Kier alpha value is -6.74. The molecule has 1 heterocycles. The first-order chi connectivity index (χ1) is 26.8. The van der Waals surface area contributed by atoms with Gasteiger partial charge in [-0.2, -0.15) is 0 Å². The van der Waals surface area contributed by atoms with Crippen LogP contribution in [0.3, 0.4) is 0 Å². The van der Waals surface area contributed by atoms with Crippen molar-refractivity contribution in [2.24, 2.45) is 0 Å². The van der Waals surface area contributed by atoms with Gasteiger partial charge in [0.25, 0.3) is 0 Å². The van der Waals surface area contributed by atoms with E-state index in [2.05, 4.69) is 205 Å². The molecule has 0 saturated carbocycles. The Morgan fingerprint density at radius 3 is 1.72 bits per heavy atom. The van der Waals surface area contributed by atoms with Crippen molar-refractivity contribution in [3.05, 3.63) is 200 Å². The largest absolute Gasteiger partial charge is 0.310 e. The summed E-state index contributed by atoms with van der Waals surface area (Å²) in [6, 6.07) is 73.5. The zero-order valence-corrected chi connectivity index (χ0v) is 30.2. The smallest absolute Gasteiger partial charge is 0.0540 e. The summed E-state index contributed by atoms with van der Waals surface area (Å²) in [5.74, 6) is 0. The van der Waals surface area contributed by atoms with E-state index < -0.39 is 0 Å². The maximum atomic E-state index is 2.42. The molecule has 1 aromatic heterocycles. The number of hydrogen-bond donors (Lipinski definition) is 0. The maximum Gasteiger partial charge on any atom is 0.0540 e. The Morgan fingerprint density at radius 1 is 0.315 bits per heavy atom. The van der Waals surface area contributed by atoms with Crippen LogP contribution in [-0.4, -0.2) is 0 Å². The average Bonchev–Trinajstić information content (AvgIpc) is 3.61. The van der Waals surface area contributed by atoms with Gasteiger partial charge in [0.2, 0.25) is 0 Å². The Bertz CT molecular complexity index is 3190. The molecule has 11 aromatic rings. The summed E-state index contributed by atoms with van der Waals surface area (Å²) in [5, 5.41) is 12.8. The van der Waals surface area contributed by atoms with E-state index in [0.29, 0.717) is 0 Å². The van der Waals surface area contributed by atoms with E-state index in [9.17, 15) is 0 Å². The Morgan fingerprint density at radius 2 is 0.926 bits per heavy atom. The number of rotatable bonds is 5. The van der Waals surface area contributed by atoms with Crippen LogP contribution in [-0.2, 0) is 0 Å². The first-order valence-corrected chi connectivity index (χ1v) is 19.3. The molecule has 0 spiro atoms. The molecule has 0 aliphatic rings. The first-order valence-electron chi connectivity index (χ1n) is 18.5. The van der Waals surface area contributed by atoms with Crippen LogP contribution < -0.4 is 4.90 Å². The van der Waals surface area contributed by atoms with Gasteiger partial charge < -0.3 is 4.90 Å². The highest BCUT2D eigenvalue weighted by molar-refractivity contribution is 7.25. The van der Waals surface area contributed by atoms with Crippen LogP contribution in [0.15, 0.2) is 200 Å². The quantitative estimate of drug-likeness (QED) is 0.161. The summed E-state index contributed by atoms with van der Waals surface area (Å²) in [6.45, 7) is 0. The molecule has 0 fully saturated rings. The van der Waals surface area contributed by atoms with Crippen LogP contribution in [0.25, 0.3) is 85.5 Å². The average molecular weight is 704 g/mol. The molecule has 54 heavy (non-hydrogen) atoms.